The lowest BCUT2D eigenvalue weighted by Crippen LogP contribution is -2.32. The molecule has 4 aromatic rings. The van der Waals surface area contributed by atoms with Crippen LogP contribution < -0.4 is 20.9 Å². The first kappa shape index (κ1) is 27.6. The molecule has 2 fully saturated rings. The van der Waals surface area contributed by atoms with Gasteiger partial charge in [0.25, 0.3) is 0 Å². The third kappa shape index (κ3) is 5.57. The summed E-state index contributed by atoms with van der Waals surface area (Å²) in [7, 11) is 0. The standard InChI is InChI=1S/C33H37ClN10/c1-18-12-37-31(19(2)24(18)9-20-10-29(20)43-33-38-14-21-13-35-7-5-27(21)41-33)25-11-30(36-16-26(25)34)44-8-6-28-22(17-44)15-39-32(42-28)40-23-3-4-23/h11-12,14-16,20,23,29,35H,3-10,13,17H2,1-2H3,(H,38,41,43)(H,39,40,42). The van der Waals surface area contributed by atoms with Gasteiger partial charge in [-0.25, -0.2) is 24.9 Å². The summed E-state index contributed by atoms with van der Waals surface area (Å²) in [5, 5.41) is 11.0. The van der Waals surface area contributed by atoms with Crippen molar-refractivity contribution in [2.75, 3.05) is 28.6 Å². The third-order valence-electron chi connectivity index (χ3n) is 9.45. The van der Waals surface area contributed by atoms with Gasteiger partial charge in [0.1, 0.15) is 5.82 Å². The number of fused-ring (bicyclic) bond motifs is 2. The Kier molecular flexibility index (Phi) is 7.06. The molecule has 2 unspecified atom stereocenters. The first-order chi connectivity index (χ1) is 21.5. The van der Waals surface area contributed by atoms with Crippen LogP contribution in [0.15, 0.2) is 30.9 Å². The summed E-state index contributed by atoms with van der Waals surface area (Å²) in [5.74, 6) is 2.93. The van der Waals surface area contributed by atoms with Crippen molar-refractivity contribution in [2.24, 2.45) is 5.92 Å². The van der Waals surface area contributed by atoms with E-state index in [1.807, 2.05) is 18.6 Å². The lowest BCUT2D eigenvalue weighted by molar-refractivity contribution is 0.626. The van der Waals surface area contributed by atoms with Crippen molar-refractivity contribution in [1.82, 2.24) is 35.2 Å². The number of aryl methyl sites for hydroxylation is 1. The predicted molar refractivity (Wildman–Crippen MR) is 172 cm³/mol. The summed E-state index contributed by atoms with van der Waals surface area (Å²) in [6.07, 6.45) is 14.0. The molecule has 226 valence electrons. The highest BCUT2D eigenvalue weighted by atomic mass is 35.5. The largest absolute Gasteiger partial charge is 0.352 e. The van der Waals surface area contributed by atoms with E-state index in [1.54, 1.807) is 6.20 Å². The van der Waals surface area contributed by atoms with E-state index in [0.717, 1.165) is 97.8 Å². The predicted octanol–water partition coefficient (Wildman–Crippen LogP) is 4.82. The second kappa shape index (κ2) is 11.2. The van der Waals surface area contributed by atoms with Gasteiger partial charge in [-0.05, 0) is 68.2 Å². The summed E-state index contributed by atoms with van der Waals surface area (Å²) in [6.45, 7) is 7.72. The normalized spacial score (nSPS) is 20.6. The number of hydrogen-bond donors (Lipinski definition) is 3. The van der Waals surface area contributed by atoms with Crippen LogP contribution in [0.2, 0.25) is 5.02 Å². The second-order valence-electron chi connectivity index (χ2n) is 12.7. The number of nitrogens with one attached hydrogen (secondary N) is 3. The zero-order valence-corrected chi connectivity index (χ0v) is 26.0. The number of halogens is 1. The van der Waals surface area contributed by atoms with Crippen molar-refractivity contribution in [3.8, 4) is 11.3 Å². The van der Waals surface area contributed by atoms with Crippen LogP contribution in [0.4, 0.5) is 17.7 Å². The Hall–Kier alpha value is -3.89. The van der Waals surface area contributed by atoms with Gasteiger partial charge in [0, 0.05) is 92.6 Å². The Morgan fingerprint density at radius 1 is 0.932 bits per heavy atom. The molecule has 2 atom stereocenters. The number of nitrogens with zero attached hydrogens (tertiary/aromatic N) is 7. The van der Waals surface area contributed by atoms with Crippen LogP contribution in [0.1, 0.15) is 58.5 Å². The minimum atomic E-state index is 0.382. The number of hydrogen-bond acceptors (Lipinski definition) is 10. The van der Waals surface area contributed by atoms with E-state index < -0.39 is 0 Å². The van der Waals surface area contributed by atoms with Gasteiger partial charge >= 0.3 is 0 Å². The van der Waals surface area contributed by atoms with Crippen molar-refractivity contribution in [3.05, 3.63) is 75.1 Å². The quantitative estimate of drug-likeness (QED) is 0.257. The maximum absolute atomic E-state index is 6.78. The molecule has 4 aliphatic rings. The van der Waals surface area contributed by atoms with E-state index >= 15 is 0 Å². The van der Waals surface area contributed by atoms with E-state index in [0.29, 0.717) is 23.0 Å². The molecular formula is C33H37ClN10. The Morgan fingerprint density at radius 2 is 1.73 bits per heavy atom. The van der Waals surface area contributed by atoms with Crippen molar-refractivity contribution in [2.45, 2.75) is 77.5 Å². The Labute approximate surface area is 262 Å². The molecule has 0 radical (unpaired) electrons. The molecule has 44 heavy (non-hydrogen) atoms. The molecule has 2 saturated carbocycles. The molecule has 2 aliphatic heterocycles. The van der Waals surface area contributed by atoms with Crippen LogP contribution in [0.5, 0.6) is 0 Å². The van der Waals surface area contributed by atoms with Crippen molar-refractivity contribution < 1.29 is 0 Å². The lowest BCUT2D eigenvalue weighted by Gasteiger charge is -2.29. The summed E-state index contributed by atoms with van der Waals surface area (Å²) in [5.41, 5.74) is 10.2. The van der Waals surface area contributed by atoms with E-state index in [2.05, 4.69) is 50.7 Å². The van der Waals surface area contributed by atoms with Gasteiger partial charge in [0.05, 0.1) is 22.1 Å². The van der Waals surface area contributed by atoms with Crippen molar-refractivity contribution in [1.29, 1.82) is 0 Å². The maximum atomic E-state index is 6.78. The number of aromatic nitrogens is 6. The molecule has 0 saturated heterocycles. The van der Waals surface area contributed by atoms with Crippen LogP contribution in [0.25, 0.3) is 11.3 Å². The van der Waals surface area contributed by atoms with Crippen LogP contribution in [0, 0.1) is 19.8 Å². The van der Waals surface area contributed by atoms with E-state index in [-0.39, 0.29) is 0 Å². The summed E-state index contributed by atoms with van der Waals surface area (Å²) >= 11 is 6.78. The molecule has 4 aromatic heterocycles. The van der Waals surface area contributed by atoms with Crippen LogP contribution >= 0.6 is 11.6 Å². The Morgan fingerprint density at radius 3 is 2.57 bits per heavy atom. The molecule has 10 nitrogen and oxygen atoms in total. The molecule has 3 N–H and O–H groups in total. The first-order valence-corrected chi connectivity index (χ1v) is 16.2. The summed E-state index contributed by atoms with van der Waals surface area (Å²) in [4.78, 5) is 30.6. The summed E-state index contributed by atoms with van der Waals surface area (Å²) < 4.78 is 0. The zero-order chi connectivity index (χ0) is 29.8. The average Bonchev–Trinajstić information content (AvgIpc) is 3.98. The number of rotatable bonds is 8. The first-order valence-electron chi connectivity index (χ1n) is 15.8. The van der Waals surface area contributed by atoms with Crippen LogP contribution in [0.3, 0.4) is 0 Å². The molecule has 0 spiro atoms. The molecular weight excluding hydrogens is 572 g/mol. The molecule has 6 heterocycles. The molecule has 8 rings (SSSR count). The van der Waals surface area contributed by atoms with Crippen LogP contribution in [-0.2, 0) is 32.4 Å². The fourth-order valence-electron chi connectivity index (χ4n) is 6.52. The smallest absolute Gasteiger partial charge is 0.223 e. The Bertz CT molecular complexity index is 1740. The molecule has 2 aliphatic carbocycles. The van der Waals surface area contributed by atoms with Crippen LogP contribution in [-0.4, -0.2) is 55.1 Å². The fraction of sp³-hybridized carbons (Fsp3) is 0.455. The number of anilines is 3. The van der Waals surface area contributed by atoms with Gasteiger partial charge in [-0.1, -0.05) is 11.6 Å². The van der Waals surface area contributed by atoms with Gasteiger partial charge in [0.2, 0.25) is 11.9 Å². The van der Waals surface area contributed by atoms with Gasteiger partial charge < -0.3 is 20.9 Å². The van der Waals surface area contributed by atoms with Gasteiger partial charge in [0.15, 0.2) is 0 Å². The molecule has 11 heteroatoms. The van der Waals surface area contributed by atoms with E-state index in [4.69, 9.17) is 31.5 Å². The highest BCUT2D eigenvalue weighted by Gasteiger charge is 2.38. The monoisotopic (exact) mass is 608 g/mol. The second-order valence-corrected chi connectivity index (χ2v) is 13.1. The topological polar surface area (TPSA) is 117 Å². The maximum Gasteiger partial charge on any atom is 0.223 e. The highest BCUT2D eigenvalue weighted by molar-refractivity contribution is 6.33. The van der Waals surface area contributed by atoms with Gasteiger partial charge in [-0.15, -0.1) is 0 Å². The fourth-order valence-corrected chi connectivity index (χ4v) is 6.71. The zero-order valence-electron chi connectivity index (χ0n) is 25.2. The van der Waals surface area contributed by atoms with Crippen molar-refractivity contribution in [3.63, 3.8) is 0 Å². The van der Waals surface area contributed by atoms with Crippen molar-refractivity contribution >= 4 is 29.3 Å². The average molecular weight is 609 g/mol. The van der Waals surface area contributed by atoms with Gasteiger partial charge in [-0.3, -0.25) is 4.98 Å². The van der Waals surface area contributed by atoms with E-state index in [9.17, 15) is 0 Å². The van der Waals surface area contributed by atoms with Gasteiger partial charge in [-0.2, -0.15) is 0 Å². The molecule has 0 bridgehead atoms. The highest BCUT2D eigenvalue weighted by Crippen LogP contribution is 2.40. The third-order valence-corrected chi connectivity index (χ3v) is 9.75. The Balaban J connectivity index is 0.984. The molecule has 0 amide bonds. The molecule has 0 aromatic carbocycles. The SMILES string of the molecule is Cc1cnc(-c2cc(N3CCc4nc(NC5CC5)ncc4C3)ncc2Cl)c(C)c1CC1CC1Nc1ncc2c(n1)CCNC2. The summed E-state index contributed by atoms with van der Waals surface area (Å²) in [6, 6.07) is 3.02. The minimum absolute atomic E-state index is 0.382. The van der Waals surface area contributed by atoms with E-state index in [1.165, 1.54) is 35.1 Å². The number of pyridine rings is 2. The minimum Gasteiger partial charge on any atom is -0.352 e. The lowest BCUT2D eigenvalue weighted by atomic mass is 9.95.